The van der Waals surface area contributed by atoms with Gasteiger partial charge in [-0.15, -0.1) is 0 Å². The normalized spacial score (nSPS) is 25.4. The summed E-state index contributed by atoms with van der Waals surface area (Å²) in [4.78, 5) is 2.23. The molecule has 1 heterocycles. The number of piperidine rings is 1. The Kier molecular flexibility index (Phi) is 3.31. The molecule has 0 bridgehead atoms. The number of nitrogens with zero attached hydrogens (tertiary/aromatic N) is 1. The third kappa shape index (κ3) is 3.19. The van der Waals surface area contributed by atoms with Crippen LogP contribution in [0.5, 0.6) is 0 Å². The van der Waals surface area contributed by atoms with Gasteiger partial charge in [-0.3, -0.25) is 0 Å². The van der Waals surface area contributed by atoms with Crippen LogP contribution in [0.1, 0.15) is 26.7 Å². The molecule has 1 nitrogen and oxygen atoms in total. The molecule has 1 atom stereocenters. The number of rotatable bonds is 2. The SMILES string of the molecule is CC(F)CN1CCC(C)CC1. The Morgan fingerprint density at radius 1 is 1.45 bits per heavy atom. The van der Waals surface area contributed by atoms with Gasteiger partial charge in [-0.1, -0.05) is 6.92 Å². The van der Waals surface area contributed by atoms with E-state index in [1.807, 2.05) is 0 Å². The Labute approximate surface area is 68.6 Å². The highest BCUT2D eigenvalue weighted by atomic mass is 19.1. The van der Waals surface area contributed by atoms with Crippen molar-refractivity contribution in [3.63, 3.8) is 0 Å². The Hall–Kier alpha value is -0.110. The van der Waals surface area contributed by atoms with Crippen LogP contribution >= 0.6 is 0 Å². The summed E-state index contributed by atoms with van der Waals surface area (Å²) in [5, 5.41) is 0. The van der Waals surface area contributed by atoms with Crippen LogP contribution in [-0.2, 0) is 0 Å². The predicted octanol–water partition coefficient (Wildman–Crippen LogP) is 2.08. The zero-order chi connectivity index (χ0) is 8.27. The molecule has 0 aliphatic carbocycles. The van der Waals surface area contributed by atoms with Gasteiger partial charge < -0.3 is 4.90 Å². The third-order valence-electron chi connectivity index (χ3n) is 2.39. The van der Waals surface area contributed by atoms with E-state index in [1.165, 1.54) is 12.8 Å². The second-order valence-corrected chi connectivity index (χ2v) is 3.76. The topological polar surface area (TPSA) is 3.24 Å². The third-order valence-corrected chi connectivity index (χ3v) is 2.39. The van der Waals surface area contributed by atoms with Gasteiger partial charge in [0, 0.05) is 6.54 Å². The number of hydrogen-bond acceptors (Lipinski definition) is 1. The van der Waals surface area contributed by atoms with Crippen molar-refractivity contribution in [3.05, 3.63) is 0 Å². The monoisotopic (exact) mass is 159 g/mol. The summed E-state index contributed by atoms with van der Waals surface area (Å²) in [6.07, 6.45) is 1.82. The summed E-state index contributed by atoms with van der Waals surface area (Å²) in [6, 6.07) is 0. The average molecular weight is 159 g/mol. The molecule has 0 aromatic heterocycles. The Balaban J connectivity index is 2.17. The van der Waals surface area contributed by atoms with Crippen LogP contribution in [-0.4, -0.2) is 30.7 Å². The Morgan fingerprint density at radius 2 is 2.00 bits per heavy atom. The fraction of sp³-hybridized carbons (Fsp3) is 1.00. The molecule has 11 heavy (non-hydrogen) atoms. The van der Waals surface area contributed by atoms with Crippen LogP contribution in [0, 0.1) is 5.92 Å². The minimum absolute atomic E-state index is 0.632. The summed E-state index contributed by atoms with van der Waals surface area (Å²) < 4.78 is 12.5. The molecule has 1 aliphatic rings. The molecule has 0 aromatic carbocycles. The largest absolute Gasteiger partial charge is 0.300 e. The molecule has 0 spiro atoms. The van der Waals surface area contributed by atoms with Gasteiger partial charge in [-0.05, 0) is 38.8 Å². The lowest BCUT2D eigenvalue weighted by Crippen LogP contribution is -2.36. The van der Waals surface area contributed by atoms with E-state index in [0.717, 1.165) is 19.0 Å². The van der Waals surface area contributed by atoms with Crippen molar-refractivity contribution in [1.82, 2.24) is 4.90 Å². The first kappa shape index (κ1) is 8.98. The average Bonchev–Trinajstić information content (AvgIpc) is 1.93. The minimum atomic E-state index is -0.664. The number of alkyl halides is 1. The van der Waals surface area contributed by atoms with Gasteiger partial charge >= 0.3 is 0 Å². The van der Waals surface area contributed by atoms with Crippen molar-refractivity contribution in [2.75, 3.05) is 19.6 Å². The molecule has 1 fully saturated rings. The van der Waals surface area contributed by atoms with Gasteiger partial charge in [0.1, 0.15) is 6.17 Å². The first-order valence-electron chi connectivity index (χ1n) is 4.55. The highest BCUT2D eigenvalue weighted by Gasteiger charge is 2.16. The zero-order valence-corrected chi connectivity index (χ0v) is 7.52. The fourth-order valence-electron chi connectivity index (χ4n) is 1.60. The summed E-state index contributed by atoms with van der Waals surface area (Å²) in [7, 11) is 0. The van der Waals surface area contributed by atoms with E-state index >= 15 is 0 Å². The maximum atomic E-state index is 12.5. The standard InChI is InChI=1S/C9H18FN/c1-8-3-5-11(6-4-8)7-9(2)10/h8-9H,3-7H2,1-2H3. The molecule has 2 heteroatoms. The van der Waals surface area contributed by atoms with E-state index in [9.17, 15) is 4.39 Å². The molecular formula is C9H18FN. The van der Waals surface area contributed by atoms with Crippen molar-refractivity contribution in [2.24, 2.45) is 5.92 Å². The lowest BCUT2D eigenvalue weighted by atomic mass is 9.99. The molecule has 1 rings (SSSR count). The van der Waals surface area contributed by atoms with E-state index in [0.29, 0.717) is 6.54 Å². The molecule has 66 valence electrons. The van der Waals surface area contributed by atoms with Crippen molar-refractivity contribution in [2.45, 2.75) is 32.9 Å². The van der Waals surface area contributed by atoms with Crippen LogP contribution < -0.4 is 0 Å². The van der Waals surface area contributed by atoms with Crippen molar-refractivity contribution in [3.8, 4) is 0 Å². The number of likely N-dealkylation sites (tertiary alicyclic amines) is 1. The smallest absolute Gasteiger partial charge is 0.110 e. The van der Waals surface area contributed by atoms with Gasteiger partial charge in [-0.25, -0.2) is 4.39 Å². The number of hydrogen-bond donors (Lipinski definition) is 0. The van der Waals surface area contributed by atoms with Crippen molar-refractivity contribution >= 4 is 0 Å². The zero-order valence-electron chi connectivity index (χ0n) is 7.52. The lowest BCUT2D eigenvalue weighted by Gasteiger charge is -2.30. The maximum absolute atomic E-state index is 12.5. The summed E-state index contributed by atoms with van der Waals surface area (Å²) in [5.74, 6) is 0.848. The van der Waals surface area contributed by atoms with Crippen LogP contribution in [0.4, 0.5) is 4.39 Å². The lowest BCUT2D eigenvalue weighted by molar-refractivity contribution is 0.152. The van der Waals surface area contributed by atoms with E-state index in [2.05, 4.69) is 11.8 Å². The van der Waals surface area contributed by atoms with Crippen LogP contribution in [0.15, 0.2) is 0 Å². The van der Waals surface area contributed by atoms with Crippen LogP contribution in [0.3, 0.4) is 0 Å². The highest BCUT2D eigenvalue weighted by Crippen LogP contribution is 2.16. The van der Waals surface area contributed by atoms with Gasteiger partial charge in [0.25, 0.3) is 0 Å². The molecule has 0 aromatic rings. The maximum Gasteiger partial charge on any atom is 0.110 e. The first-order valence-corrected chi connectivity index (χ1v) is 4.55. The summed E-state index contributed by atoms with van der Waals surface area (Å²) in [5.41, 5.74) is 0. The Morgan fingerprint density at radius 3 is 2.45 bits per heavy atom. The van der Waals surface area contributed by atoms with Crippen molar-refractivity contribution in [1.29, 1.82) is 0 Å². The summed E-state index contributed by atoms with van der Waals surface area (Å²) in [6.45, 7) is 6.73. The molecule has 0 N–H and O–H groups in total. The van der Waals surface area contributed by atoms with Gasteiger partial charge in [0.05, 0.1) is 0 Å². The predicted molar refractivity (Wildman–Crippen MR) is 45.4 cm³/mol. The molecule has 1 aliphatic heterocycles. The minimum Gasteiger partial charge on any atom is -0.300 e. The second kappa shape index (κ2) is 4.05. The van der Waals surface area contributed by atoms with E-state index in [-0.39, 0.29) is 0 Å². The van der Waals surface area contributed by atoms with Gasteiger partial charge in [-0.2, -0.15) is 0 Å². The van der Waals surface area contributed by atoms with E-state index in [4.69, 9.17) is 0 Å². The molecule has 1 unspecified atom stereocenters. The highest BCUT2D eigenvalue weighted by molar-refractivity contribution is 4.70. The number of halogens is 1. The quantitative estimate of drug-likeness (QED) is 0.596. The van der Waals surface area contributed by atoms with Crippen molar-refractivity contribution < 1.29 is 4.39 Å². The molecule has 0 radical (unpaired) electrons. The Bertz CT molecular complexity index is 106. The molecule has 0 saturated carbocycles. The molecular weight excluding hydrogens is 141 g/mol. The fourth-order valence-corrected chi connectivity index (χ4v) is 1.60. The van der Waals surface area contributed by atoms with Gasteiger partial charge in [0.15, 0.2) is 0 Å². The van der Waals surface area contributed by atoms with Gasteiger partial charge in [0.2, 0.25) is 0 Å². The molecule has 0 amide bonds. The molecule has 1 saturated heterocycles. The summed E-state index contributed by atoms with van der Waals surface area (Å²) >= 11 is 0. The first-order chi connectivity index (χ1) is 5.18. The van der Waals surface area contributed by atoms with E-state index < -0.39 is 6.17 Å². The van der Waals surface area contributed by atoms with Crippen LogP contribution in [0.2, 0.25) is 0 Å². The second-order valence-electron chi connectivity index (χ2n) is 3.76. The van der Waals surface area contributed by atoms with Crippen LogP contribution in [0.25, 0.3) is 0 Å². The van der Waals surface area contributed by atoms with E-state index in [1.54, 1.807) is 6.92 Å².